The van der Waals surface area contributed by atoms with Crippen molar-refractivity contribution in [1.82, 2.24) is 0 Å². The van der Waals surface area contributed by atoms with Crippen LogP contribution < -0.4 is 0 Å². The van der Waals surface area contributed by atoms with Crippen molar-refractivity contribution in [3.63, 3.8) is 0 Å². The fourth-order valence-electron chi connectivity index (χ4n) is 9.96. The highest BCUT2D eigenvalue weighted by Crippen LogP contribution is 2.42. The Morgan fingerprint density at radius 1 is 0.586 bits per heavy atom. The van der Waals surface area contributed by atoms with Crippen molar-refractivity contribution >= 4 is 11.9 Å². The molecule has 6 aliphatic heterocycles. The summed E-state index contributed by atoms with van der Waals surface area (Å²) in [4.78, 5) is 26.8. The predicted molar refractivity (Wildman–Crippen MR) is 249 cm³/mol. The van der Waals surface area contributed by atoms with Crippen molar-refractivity contribution in [2.75, 3.05) is 53.9 Å². The quantitative estimate of drug-likeness (QED) is 0.0760. The smallest absolute Gasteiger partial charge is 0.331 e. The Bertz CT molecular complexity index is 1980. The molecule has 0 amide bonds. The average molecular weight is 984 g/mol. The first-order chi connectivity index (χ1) is 33.9. The zero-order valence-electron chi connectivity index (χ0n) is 41.9. The molecule has 0 aromatic heterocycles. The van der Waals surface area contributed by atoms with Gasteiger partial charge >= 0.3 is 11.9 Å². The van der Waals surface area contributed by atoms with Crippen LogP contribution in [0.1, 0.15) is 85.0 Å². The number of nitrogens with zero attached hydrogens (tertiary/aromatic N) is 3. The molecular formula is C51H73N3O16. The molecule has 0 bridgehead atoms. The fraction of sp³-hybridized carbons (Fsp3) is 0.725. The predicted octanol–water partition coefficient (Wildman–Crippen LogP) is 7.01. The van der Waals surface area contributed by atoms with Crippen molar-refractivity contribution in [1.29, 1.82) is 0 Å². The maximum Gasteiger partial charge on any atom is 0.331 e. The van der Waals surface area contributed by atoms with E-state index in [1.165, 1.54) is 14.2 Å². The van der Waals surface area contributed by atoms with E-state index in [0.29, 0.717) is 25.0 Å². The average Bonchev–Trinajstić information content (AvgIpc) is 3.39. The highest BCUT2D eigenvalue weighted by atomic mass is 16.8. The minimum Gasteiger partial charge on any atom is -0.467 e. The van der Waals surface area contributed by atoms with Gasteiger partial charge in [-0.05, 0) is 42.0 Å². The first kappa shape index (κ1) is 54.0. The highest BCUT2D eigenvalue weighted by molar-refractivity contribution is 5.70. The molecule has 6 saturated heterocycles. The summed E-state index contributed by atoms with van der Waals surface area (Å²) < 4.78 is 84.0. The molecule has 2 aromatic carbocycles. The van der Waals surface area contributed by atoms with E-state index in [0.717, 1.165) is 30.6 Å². The molecule has 6 heterocycles. The lowest BCUT2D eigenvalue weighted by atomic mass is 9.84. The zero-order chi connectivity index (χ0) is 49.9. The molecular weight excluding hydrogens is 911 g/mol. The molecule has 0 saturated carbocycles. The van der Waals surface area contributed by atoms with Crippen LogP contribution in [-0.4, -0.2) is 145 Å². The number of benzene rings is 2. The van der Waals surface area contributed by atoms with E-state index in [2.05, 4.69) is 44.6 Å². The second kappa shape index (κ2) is 25.7. The number of hydrogen-bond donors (Lipinski definition) is 0. The second-order valence-electron chi connectivity index (χ2n) is 19.1. The van der Waals surface area contributed by atoms with Crippen LogP contribution in [0.5, 0.6) is 0 Å². The van der Waals surface area contributed by atoms with E-state index < -0.39 is 73.7 Å². The Balaban J connectivity index is 0.000000207. The van der Waals surface area contributed by atoms with Gasteiger partial charge in [0.2, 0.25) is 0 Å². The molecule has 0 spiro atoms. The summed E-state index contributed by atoms with van der Waals surface area (Å²) in [6, 6.07) is 18.3. The number of azide groups is 1. The van der Waals surface area contributed by atoms with E-state index in [4.69, 9.17) is 66.3 Å². The maximum absolute atomic E-state index is 11.9. The third-order valence-electron chi connectivity index (χ3n) is 14.6. The standard InChI is InChI=1S/C26H38O8.C25H35N3O8/c1-6-19-22(16(3)15(2)12-29-19)33-25-17(4)23(30-14-21(27)28-5)24-20(32-25)13-31-26(34-24)18-10-8-7-9-11-18;1-5-17-21(15(3)14(2)11-31-17)35-25-20(27-28-26)23(32-13-19(29)30-4)22-18(34-25)12-33-24(36-22)16-9-7-6-8-10-16/h7-11,15-17,19-20,22-26H,6,12-14H2,1-5H3;6-10,14-15,17-18,20-25H,5,11-13H2,1-4H3/t15?,16-,17?,19?,20?,22+,23-,24-,25?,26?;14?,15-,17?,18?,20?,21+,22-,23-,24?,25?/m11/s1. The lowest BCUT2D eigenvalue weighted by molar-refractivity contribution is -0.368. The molecule has 0 N–H and O–H groups in total. The molecule has 12 unspecified atom stereocenters. The SMILES string of the molecule is CCC1OCC(C)[C@@H](C)[C@@H]1OC1OC2COC(c3ccccc3)O[C@H]2[C@H](OCC(=O)OC)C1C.CCC1OCC(C)[C@@H](C)[C@@H]1OC1OC2COC(c3ccccc3)O[C@H]2[C@H](OCC(=O)OC)C1N=[N+]=[N-]. The highest BCUT2D eigenvalue weighted by Gasteiger charge is 2.54. The van der Waals surface area contributed by atoms with Crippen LogP contribution in [0.3, 0.4) is 0 Å². The number of ether oxygens (including phenoxy) is 14. The number of carbonyl (C=O) groups excluding carboxylic acids is 2. The fourth-order valence-corrected chi connectivity index (χ4v) is 9.96. The summed E-state index contributed by atoms with van der Waals surface area (Å²) in [6.07, 6.45) is -4.87. The number of hydrogen-bond acceptors (Lipinski definition) is 17. The molecule has 6 aliphatic rings. The van der Waals surface area contributed by atoms with Gasteiger partial charge in [0.1, 0.15) is 49.8 Å². The third-order valence-corrected chi connectivity index (χ3v) is 14.6. The number of methoxy groups -OCH3 is 2. The molecule has 19 nitrogen and oxygen atoms in total. The molecule has 388 valence electrons. The molecule has 0 aliphatic carbocycles. The van der Waals surface area contributed by atoms with Gasteiger partial charge in [0.05, 0.1) is 58.0 Å². The molecule has 2 aromatic rings. The van der Waals surface area contributed by atoms with Gasteiger partial charge in [-0.25, -0.2) is 9.59 Å². The van der Waals surface area contributed by atoms with Crippen molar-refractivity contribution < 1.29 is 75.9 Å². The normalized spacial score (nSPS) is 39.4. The van der Waals surface area contributed by atoms with Gasteiger partial charge in [-0.2, -0.15) is 0 Å². The summed E-state index contributed by atoms with van der Waals surface area (Å²) in [5, 5.41) is 3.99. The van der Waals surface area contributed by atoms with Crippen LogP contribution in [0.25, 0.3) is 10.4 Å². The van der Waals surface area contributed by atoms with Crippen LogP contribution >= 0.6 is 0 Å². The third kappa shape index (κ3) is 12.9. The minimum absolute atomic E-state index is 0.00970. The van der Waals surface area contributed by atoms with Crippen LogP contribution in [0.15, 0.2) is 65.8 Å². The van der Waals surface area contributed by atoms with Crippen molar-refractivity contribution in [3.05, 3.63) is 82.2 Å². The molecule has 6 fully saturated rings. The van der Waals surface area contributed by atoms with E-state index in [1.807, 2.05) is 74.5 Å². The zero-order valence-corrected chi connectivity index (χ0v) is 41.9. The topological polar surface area (TPSA) is 212 Å². The Kier molecular flexibility index (Phi) is 19.9. The van der Waals surface area contributed by atoms with Gasteiger partial charge in [0.25, 0.3) is 0 Å². The molecule has 70 heavy (non-hydrogen) atoms. The number of esters is 2. The monoisotopic (exact) mass is 983 g/mol. The van der Waals surface area contributed by atoms with Gasteiger partial charge in [0.15, 0.2) is 25.2 Å². The molecule has 8 rings (SSSR count). The summed E-state index contributed by atoms with van der Waals surface area (Å²) in [5.74, 6) is -0.00682. The van der Waals surface area contributed by atoms with E-state index >= 15 is 0 Å². The van der Waals surface area contributed by atoms with Gasteiger partial charge in [0, 0.05) is 35.2 Å². The summed E-state index contributed by atoms with van der Waals surface area (Å²) in [5.41, 5.74) is 11.2. The van der Waals surface area contributed by atoms with Gasteiger partial charge in [-0.1, -0.05) is 114 Å². The molecule has 0 radical (unpaired) electrons. The van der Waals surface area contributed by atoms with Crippen molar-refractivity contribution in [2.24, 2.45) is 34.7 Å². The Labute approximate surface area is 411 Å². The summed E-state index contributed by atoms with van der Waals surface area (Å²) in [6.45, 7) is 16.2. The summed E-state index contributed by atoms with van der Waals surface area (Å²) >= 11 is 0. The number of fused-ring (bicyclic) bond motifs is 2. The van der Waals surface area contributed by atoms with Gasteiger partial charge in [-0.3, -0.25) is 0 Å². The van der Waals surface area contributed by atoms with Crippen LogP contribution in [0.2, 0.25) is 0 Å². The lowest BCUT2D eigenvalue weighted by Gasteiger charge is -2.50. The Hall–Kier alpha value is -3.79. The second-order valence-corrected chi connectivity index (χ2v) is 19.1. The van der Waals surface area contributed by atoms with Crippen LogP contribution in [0.4, 0.5) is 0 Å². The van der Waals surface area contributed by atoms with Crippen LogP contribution in [0, 0.1) is 29.6 Å². The minimum atomic E-state index is -0.944. The largest absolute Gasteiger partial charge is 0.467 e. The van der Waals surface area contributed by atoms with Crippen molar-refractivity contribution in [3.8, 4) is 0 Å². The van der Waals surface area contributed by atoms with E-state index in [1.54, 1.807) is 0 Å². The van der Waals surface area contributed by atoms with E-state index in [-0.39, 0.29) is 68.1 Å². The molecule has 19 heteroatoms. The number of carbonyl (C=O) groups is 2. The van der Waals surface area contributed by atoms with Crippen molar-refractivity contribution in [2.45, 2.75) is 154 Å². The lowest BCUT2D eigenvalue weighted by Crippen LogP contribution is -2.64. The Morgan fingerprint density at radius 2 is 1.03 bits per heavy atom. The first-order valence-corrected chi connectivity index (χ1v) is 24.8. The Morgan fingerprint density at radius 3 is 1.49 bits per heavy atom. The first-order valence-electron chi connectivity index (χ1n) is 24.8. The summed E-state index contributed by atoms with van der Waals surface area (Å²) in [7, 11) is 2.63. The molecule has 20 atom stereocenters. The van der Waals surface area contributed by atoms with Gasteiger partial charge < -0.3 is 66.3 Å². The number of rotatable bonds is 15. The van der Waals surface area contributed by atoms with Crippen LogP contribution in [-0.2, 0) is 75.9 Å². The maximum atomic E-state index is 11.9. The van der Waals surface area contributed by atoms with E-state index in [9.17, 15) is 15.1 Å². The van der Waals surface area contributed by atoms with Gasteiger partial charge in [-0.15, -0.1) is 0 Å².